The van der Waals surface area contributed by atoms with Gasteiger partial charge in [0, 0.05) is 18.3 Å². The Bertz CT molecular complexity index is 277. The van der Waals surface area contributed by atoms with E-state index in [2.05, 4.69) is 18.9 Å². The summed E-state index contributed by atoms with van der Waals surface area (Å²) < 4.78 is 1.96. The average Bonchev–Trinajstić information content (AvgIpc) is 2.55. The van der Waals surface area contributed by atoms with Crippen LogP contribution in [-0.2, 0) is 13.2 Å². The Labute approximate surface area is 85.8 Å². The van der Waals surface area contributed by atoms with Crippen molar-refractivity contribution >= 4 is 0 Å². The second-order valence-electron chi connectivity index (χ2n) is 3.80. The third-order valence-corrected chi connectivity index (χ3v) is 2.82. The van der Waals surface area contributed by atoms with Crippen molar-refractivity contribution in [3.8, 4) is 0 Å². The monoisotopic (exact) mass is 196 g/mol. The van der Waals surface area contributed by atoms with Gasteiger partial charge in [0.1, 0.15) is 0 Å². The number of hydrogen-bond acceptors (Lipinski definition) is 2. The van der Waals surface area contributed by atoms with Crippen molar-refractivity contribution in [3.05, 3.63) is 17.5 Å². The van der Waals surface area contributed by atoms with E-state index in [1.165, 1.54) is 12.8 Å². The molecule has 1 rings (SSSR count). The zero-order valence-electron chi connectivity index (χ0n) is 9.32. The lowest BCUT2D eigenvalue weighted by molar-refractivity contribution is 0.280. The minimum absolute atomic E-state index is 0.0920. The molecule has 0 unspecified atom stereocenters. The summed E-state index contributed by atoms with van der Waals surface area (Å²) in [4.78, 5) is 0. The maximum absolute atomic E-state index is 9.03. The van der Waals surface area contributed by atoms with Gasteiger partial charge in [-0.1, -0.05) is 26.7 Å². The maximum Gasteiger partial charge on any atom is 0.0715 e. The summed E-state index contributed by atoms with van der Waals surface area (Å²) in [7, 11) is 0. The topological polar surface area (TPSA) is 38.0 Å². The van der Waals surface area contributed by atoms with Crippen molar-refractivity contribution in [2.75, 3.05) is 0 Å². The van der Waals surface area contributed by atoms with E-state index in [0.29, 0.717) is 5.92 Å². The molecule has 3 nitrogen and oxygen atoms in total. The van der Waals surface area contributed by atoms with E-state index in [4.69, 9.17) is 5.11 Å². The lowest BCUT2D eigenvalue weighted by atomic mass is 10.0. The fourth-order valence-corrected chi connectivity index (χ4v) is 1.62. The highest BCUT2D eigenvalue weighted by molar-refractivity contribution is 5.13. The van der Waals surface area contributed by atoms with Gasteiger partial charge in [-0.3, -0.25) is 4.68 Å². The first-order valence-corrected chi connectivity index (χ1v) is 5.35. The van der Waals surface area contributed by atoms with E-state index >= 15 is 0 Å². The van der Waals surface area contributed by atoms with Crippen molar-refractivity contribution in [3.63, 3.8) is 0 Å². The first kappa shape index (κ1) is 11.2. The van der Waals surface area contributed by atoms with Gasteiger partial charge in [-0.05, 0) is 12.8 Å². The minimum Gasteiger partial charge on any atom is -0.392 e. The molecule has 1 N–H and O–H groups in total. The Morgan fingerprint density at radius 1 is 1.43 bits per heavy atom. The van der Waals surface area contributed by atoms with Gasteiger partial charge >= 0.3 is 0 Å². The van der Waals surface area contributed by atoms with Crippen LogP contribution in [0.3, 0.4) is 0 Å². The van der Waals surface area contributed by atoms with Crippen LogP contribution in [0.1, 0.15) is 37.9 Å². The van der Waals surface area contributed by atoms with Crippen molar-refractivity contribution in [2.24, 2.45) is 5.92 Å². The zero-order valence-corrected chi connectivity index (χ0v) is 9.32. The van der Waals surface area contributed by atoms with Gasteiger partial charge in [-0.2, -0.15) is 5.10 Å². The van der Waals surface area contributed by atoms with E-state index in [1.807, 2.05) is 17.8 Å². The van der Waals surface area contributed by atoms with E-state index in [9.17, 15) is 0 Å². The van der Waals surface area contributed by atoms with Crippen LogP contribution in [0.5, 0.6) is 0 Å². The Hall–Kier alpha value is -0.830. The van der Waals surface area contributed by atoms with Gasteiger partial charge in [0.25, 0.3) is 0 Å². The van der Waals surface area contributed by atoms with E-state index in [-0.39, 0.29) is 6.61 Å². The maximum atomic E-state index is 9.03. The summed E-state index contributed by atoms with van der Waals surface area (Å²) >= 11 is 0. The van der Waals surface area contributed by atoms with E-state index < -0.39 is 0 Å². The number of aryl methyl sites for hydroxylation is 1. The number of rotatable bonds is 5. The van der Waals surface area contributed by atoms with Crippen LogP contribution in [-0.4, -0.2) is 14.9 Å². The molecule has 0 amide bonds. The van der Waals surface area contributed by atoms with Crippen LogP contribution < -0.4 is 0 Å². The summed E-state index contributed by atoms with van der Waals surface area (Å²) in [6.45, 7) is 7.41. The average molecular weight is 196 g/mol. The molecular formula is C11H20N2O. The molecule has 0 aliphatic rings. The molecule has 14 heavy (non-hydrogen) atoms. The third kappa shape index (κ3) is 2.58. The summed E-state index contributed by atoms with van der Waals surface area (Å²) in [6.07, 6.45) is 4.32. The minimum atomic E-state index is 0.0920. The molecular weight excluding hydrogens is 176 g/mol. The molecule has 0 saturated heterocycles. The third-order valence-electron chi connectivity index (χ3n) is 2.82. The van der Waals surface area contributed by atoms with Crippen LogP contribution >= 0.6 is 0 Å². The lowest BCUT2D eigenvalue weighted by Gasteiger charge is -2.11. The molecule has 0 radical (unpaired) electrons. The molecule has 1 aromatic heterocycles. The second-order valence-corrected chi connectivity index (χ2v) is 3.80. The van der Waals surface area contributed by atoms with Crippen molar-refractivity contribution in [1.29, 1.82) is 0 Å². The highest BCUT2D eigenvalue weighted by Crippen LogP contribution is 2.12. The fourth-order valence-electron chi connectivity index (χ4n) is 1.62. The molecule has 0 atom stereocenters. The van der Waals surface area contributed by atoms with Crippen molar-refractivity contribution < 1.29 is 5.11 Å². The molecule has 1 heterocycles. The Morgan fingerprint density at radius 3 is 2.50 bits per heavy atom. The number of aliphatic hydroxyl groups excluding tert-OH is 1. The molecule has 0 aliphatic heterocycles. The first-order valence-electron chi connectivity index (χ1n) is 5.35. The number of aliphatic hydroxyl groups is 1. The van der Waals surface area contributed by atoms with Gasteiger partial charge in [-0.25, -0.2) is 0 Å². The fraction of sp³-hybridized carbons (Fsp3) is 0.727. The molecule has 0 spiro atoms. The molecule has 1 aromatic rings. The first-order chi connectivity index (χ1) is 6.71. The predicted molar refractivity (Wildman–Crippen MR) is 57.0 cm³/mol. The highest BCUT2D eigenvalue weighted by atomic mass is 16.3. The number of nitrogens with zero attached hydrogens (tertiary/aromatic N) is 2. The SMILES string of the molecule is CCC(CC)Cn1cc(CO)c(C)n1. The van der Waals surface area contributed by atoms with Crippen molar-refractivity contribution in [2.45, 2.75) is 46.8 Å². The van der Waals surface area contributed by atoms with E-state index in [0.717, 1.165) is 17.8 Å². The van der Waals surface area contributed by atoms with Crippen LogP contribution in [0, 0.1) is 12.8 Å². The highest BCUT2D eigenvalue weighted by Gasteiger charge is 2.08. The molecule has 0 fully saturated rings. The predicted octanol–water partition coefficient (Wildman–Crippen LogP) is 2.12. The van der Waals surface area contributed by atoms with Crippen LogP contribution in [0.2, 0.25) is 0 Å². The Kier molecular flexibility index (Phi) is 4.14. The van der Waals surface area contributed by atoms with Gasteiger partial charge in [0.05, 0.1) is 12.3 Å². The van der Waals surface area contributed by atoms with Gasteiger partial charge in [0.2, 0.25) is 0 Å². The molecule has 80 valence electrons. The summed E-state index contributed by atoms with van der Waals surface area (Å²) in [5.41, 5.74) is 1.88. The van der Waals surface area contributed by atoms with Crippen molar-refractivity contribution in [1.82, 2.24) is 9.78 Å². The number of hydrogen-bond donors (Lipinski definition) is 1. The quantitative estimate of drug-likeness (QED) is 0.783. The summed E-state index contributed by atoms with van der Waals surface area (Å²) in [6, 6.07) is 0. The number of aromatic nitrogens is 2. The molecule has 0 bridgehead atoms. The molecule has 3 heteroatoms. The van der Waals surface area contributed by atoms with Crippen LogP contribution in [0.4, 0.5) is 0 Å². The van der Waals surface area contributed by atoms with E-state index in [1.54, 1.807) is 0 Å². The van der Waals surface area contributed by atoms with Gasteiger partial charge in [0.15, 0.2) is 0 Å². The van der Waals surface area contributed by atoms with Crippen LogP contribution in [0.15, 0.2) is 6.20 Å². The summed E-state index contributed by atoms with van der Waals surface area (Å²) in [5.74, 6) is 0.695. The van der Waals surface area contributed by atoms with Crippen LogP contribution in [0.25, 0.3) is 0 Å². The second kappa shape index (κ2) is 5.15. The largest absolute Gasteiger partial charge is 0.392 e. The van der Waals surface area contributed by atoms with Gasteiger partial charge < -0.3 is 5.11 Å². The molecule has 0 aliphatic carbocycles. The molecule has 0 saturated carbocycles. The summed E-state index contributed by atoms with van der Waals surface area (Å²) in [5, 5.41) is 13.4. The zero-order chi connectivity index (χ0) is 10.6. The lowest BCUT2D eigenvalue weighted by Crippen LogP contribution is -2.09. The standard InChI is InChI=1S/C11H20N2O/c1-4-10(5-2)6-13-7-11(8-14)9(3)12-13/h7,10,14H,4-6,8H2,1-3H3. The molecule has 0 aromatic carbocycles. The Balaban J connectivity index is 2.67. The Morgan fingerprint density at radius 2 is 2.07 bits per heavy atom. The smallest absolute Gasteiger partial charge is 0.0715 e. The normalized spacial score (nSPS) is 11.2. The van der Waals surface area contributed by atoms with Gasteiger partial charge in [-0.15, -0.1) is 0 Å².